The fourth-order valence-electron chi connectivity index (χ4n) is 2.67. The van der Waals surface area contributed by atoms with Crippen LogP contribution < -0.4 is 24.8 Å². The van der Waals surface area contributed by atoms with Crippen LogP contribution in [0.4, 0.5) is 5.69 Å². The lowest BCUT2D eigenvalue weighted by Crippen LogP contribution is -2.38. The van der Waals surface area contributed by atoms with Crippen molar-refractivity contribution < 1.29 is 19.0 Å². The van der Waals surface area contributed by atoms with E-state index in [1.54, 1.807) is 51.7 Å². The maximum Gasteiger partial charge on any atom is 0.255 e. The number of benzene rings is 2. The molecule has 1 heterocycles. The van der Waals surface area contributed by atoms with Gasteiger partial charge in [-0.15, -0.1) is 0 Å². The summed E-state index contributed by atoms with van der Waals surface area (Å²) in [6.07, 6.45) is -0.447. The van der Waals surface area contributed by atoms with Crippen LogP contribution in [0, 0.1) is 0 Å². The Balaban J connectivity index is 2.02. The van der Waals surface area contributed by atoms with Crippen LogP contribution >= 0.6 is 11.6 Å². The minimum atomic E-state index is -0.447. The van der Waals surface area contributed by atoms with E-state index in [-0.39, 0.29) is 5.91 Å². The molecule has 24 heavy (non-hydrogen) atoms. The molecule has 0 unspecified atom stereocenters. The summed E-state index contributed by atoms with van der Waals surface area (Å²) < 4.78 is 16.0. The second-order valence-electron chi connectivity index (χ2n) is 5.20. The first-order valence-electron chi connectivity index (χ1n) is 7.24. The number of rotatable bonds is 4. The molecule has 2 N–H and O–H groups in total. The molecule has 7 heteroatoms. The van der Waals surface area contributed by atoms with Gasteiger partial charge in [0.15, 0.2) is 11.5 Å². The van der Waals surface area contributed by atoms with Crippen LogP contribution in [0.2, 0.25) is 5.02 Å². The standard InChI is InChI=1S/C17H17ClN2O4/c1-22-13-6-9(7-14(23-2)15(13)24-3)16-19-12-8-10(18)4-5-11(12)17(21)20-16/h4-8,16,19H,1-3H3,(H,20,21)/t16-/m0/s1. The van der Waals surface area contributed by atoms with E-state index in [1.165, 1.54) is 0 Å². The SMILES string of the molecule is COc1cc([C@@H]2NC(=O)c3ccc(Cl)cc3N2)cc(OC)c1OC. The zero-order chi connectivity index (χ0) is 17.3. The van der Waals surface area contributed by atoms with Crippen LogP contribution in [-0.4, -0.2) is 27.2 Å². The molecule has 3 rings (SSSR count). The van der Waals surface area contributed by atoms with Crippen LogP contribution in [0.5, 0.6) is 17.2 Å². The molecular formula is C17H17ClN2O4. The van der Waals surface area contributed by atoms with Gasteiger partial charge in [0.25, 0.3) is 5.91 Å². The van der Waals surface area contributed by atoms with E-state index in [0.717, 1.165) is 5.56 Å². The Morgan fingerprint density at radius 3 is 2.21 bits per heavy atom. The molecule has 0 spiro atoms. The molecule has 0 saturated carbocycles. The van der Waals surface area contributed by atoms with Gasteiger partial charge in [-0.2, -0.15) is 0 Å². The Bertz CT molecular complexity index is 769. The zero-order valence-corrected chi connectivity index (χ0v) is 14.2. The number of nitrogens with one attached hydrogen (secondary N) is 2. The minimum Gasteiger partial charge on any atom is -0.493 e. The Hall–Kier alpha value is -2.60. The number of hydrogen-bond acceptors (Lipinski definition) is 5. The highest BCUT2D eigenvalue weighted by Crippen LogP contribution is 2.40. The highest BCUT2D eigenvalue weighted by atomic mass is 35.5. The third-order valence-corrected chi connectivity index (χ3v) is 4.06. The summed E-state index contributed by atoms with van der Waals surface area (Å²) in [5.74, 6) is 1.34. The van der Waals surface area contributed by atoms with Gasteiger partial charge >= 0.3 is 0 Å². The molecule has 1 aliphatic rings. The quantitative estimate of drug-likeness (QED) is 0.888. The fourth-order valence-corrected chi connectivity index (χ4v) is 2.84. The van der Waals surface area contributed by atoms with Crippen LogP contribution in [0.15, 0.2) is 30.3 Å². The second-order valence-corrected chi connectivity index (χ2v) is 5.64. The van der Waals surface area contributed by atoms with Crippen molar-refractivity contribution in [3.8, 4) is 17.2 Å². The summed E-state index contributed by atoms with van der Waals surface area (Å²) in [5, 5.41) is 6.71. The largest absolute Gasteiger partial charge is 0.493 e. The lowest BCUT2D eigenvalue weighted by molar-refractivity contribution is 0.0935. The van der Waals surface area contributed by atoms with Crippen molar-refractivity contribution >= 4 is 23.2 Å². The number of fused-ring (bicyclic) bond motifs is 1. The topological polar surface area (TPSA) is 68.8 Å². The minimum absolute atomic E-state index is 0.181. The summed E-state index contributed by atoms with van der Waals surface area (Å²) in [5.41, 5.74) is 1.98. The molecule has 0 fully saturated rings. The Labute approximate surface area is 144 Å². The number of methoxy groups -OCH3 is 3. The number of halogens is 1. The zero-order valence-electron chi connectivity index (χ0n) is 13.5. The van der Waals surface area contributed by atoms with Gasteiger partial charge < -0.3 is 24.8 Å². The average Bonchev–Trinajstić information content (AvgIpc) is 2.59. The number of ether oxygens (including phenoxy) is 3. The molecule has 0 aromatic heterocycles. The Morgan fingerprint density at radius 2 is 1.62 bits per heavy atom. The van der Waals surface area contributed by atoms with Gasteiger partial charge in [0.1, 0.15) is 6.17 Å². The third-order valence-electron chi connectivity index (χ3n) is 3.82. The summed E-state index contributed by atoms with van der Waals surface area (Å²) in [6.45, 7) is 0. The lowest BCUT2D eigenvalue weighted by Gasteiger charge is -2.29. The summed E-state index contributed by atoms with van der Waals surface area (Å²) in [7, 11) is 4.63. The van der Waals surface area contributed by atoms with Crippen LogP contribution in [0.1, 0.15) is 22.1 Å². The van der Waals surface area contributed by atoms with Gasteiger partial charge in [-0.1, -0.05) is 11.6 Å². The van der Waals surface area contributed by atoms with E-state index in [2.05, 4.69) is 10.6 Å². The lowest BCUT2D eigenvalue weighted by atomic mass is 10.0. The van der Waals surface area contributed by atoms with Crippen LogP contribution in [0.3, 0.4) is 0 Å². The predicted octanol–water partition coefficient (Wildman–Crippen LogP) is 3.22. The molecule has 0 saturated heterocycles. The molecule has 1 atom stereocenters. The molecule has 0 bridgehead atoms. The number of hydrogen-bond donors (Lipinski definition) is 2. The molecule has 6 nitrogen and oxygen atoms in total. The van der Waals surface area contributed by atoms with E-state index in [4.69, 9.17) is 25.8 Å². The molecule has 1 aliphatic heterocycles. The smallest absolute Gasteiger partial charge is 0.255 e. The van der Waals surface area contributed by atoms with E-state index in [9.17, 15) is 4.79 Å². The highest BCUT2D eigenvalue weighted by Gasteiger charge is 2.26. The summed E-state index contributed by atoms with van der Waals surface area (Å²) in [4.78, 5) is 12.3. The Kier molecular flexibility index (Phi) is 4.40. The molecule has 126 valence electrons. The van der Waals surface area contributed by atoms with Crippen molar-refractivity contribution in [2.24, 2.45) is 0 Å². The van der Waals surface area contributed by atoms with Gasteiger partial charge in [0, 0.05) is 10.6 Å². The van der Waals surface area contributed by atoms with Crippen molar-refractivity contribution in [2.45, 2.75) is 6.17 Å². The fraction of sp³-hybridized carbons (Fsp3) is 0.235. The Morgan fingerprint density at radius 1 is 0.958 bits per heavy atom. The average molecular weight is 349 g/mol. The molecule has 1 amide bonds. The maximum atomic E-state index is 12.3. The first kappa shape index (κ1) is 16.3. The van der Waals surface area contributed by atoms with Gasteiger partial charge in [-0.05, 0) is 30.3 Å². The van der Waals surface area contributed by atoms with Crippen molar-refractivity contribution in [2.75, 3.05) is 26.6 Å². The number of carbonyl (C=O) groups is 1. The van der Waals surface area contributed by atoms with Gasteiger partial charge in [-0.25, -0.2) is 0 Å². The first-order chi connectivity index (χ1) is 11.6. The van der Waals surface area contributed by atoms with Crippen molar-refractivity contribution in [1.29, 1.82) is 0 Å². The third kappa shape index (κ3) is 2.80. The predicted molar refractivity (Wildman–Crippen MR) is 91.4 cm³/mol. The van der Waals surface area contributed by atoms with Crippen LogP contribution in [-0.2, 0) is 0 Å². The van der Waals surface area contributed by atoms with Crippen molar-refractivity contribution in [3.05, 3.63) is 46.5 Å². The number of amides is 1. The van der Waals surface area contributed by atoms with E-state index in [1.807, 2.05) is 0 Å². The molecular weight excluding hydrogens is 332 g/mol. The van der Waals surface area contributed by atoms with Crippen molar-refractivity contribution in [3.63, 3.8) is 0 Å². The van der Waals surface area contributed by atoms with E-state index >= 15 is 0 Å². The maximum absolute atomic E-state index is 12.3. The summed E-state index contributed by atoms with van der Waals surface area (Å²) >= 11 is 6.02. The van der Waals surface area contributed by atoms with Crippen LogP contribution in [0.25, 0.3) is 0 Å². The number of anilines is 1. The van der Waals surface area contributed by atoms with Gasteiger partial charge in [0.05, 0.1) is 32.6 Å². The van der Waals surface area contributed by atoms with E-state index in [0.29, 0.717) is 33.5 Å². The second kappa shape index (κ2) is 6.49. The van der Waals surface area contributed by atoms with Crippen molar-refractivity contribution in [1.82, 2.24) is 5.32 Å². The normalized spacial score (nSPS) is 15.8. The molecule has 2 aromatic carbocycles. The van der Waals surface area contributed by atoms with Gasteiger partial charge in [0.2, 0.25) is 5.75 Å². The molecule has 0 radical (unpaired) electrons. The first-order valence-corrected chi connectivity index (χ1v) is 7.62. The highest BCUT2D eigenvalue weighted by molar-refractivity contribution is 6.31. The van der Waals surface area contributed by atoms with E-state index < -0.39 is 6.17 Å². The molecule has 0 aliphatic carbocycles. The summed E-state index contributed by atoms with van der Waals surface area (Å²) in [6, 6.07) is 8.66. The number of carbonyl (C=O) groups excluding carboxylic acids is 1. The monoisotopic (exact) mass is 348 g/mol. The molecule has 2 aromatic rings. The van der Waals surface area contributed by atoms with Gasteiger partial charge in [-0.3, -0.25) is 4.79 Å².